The topological polar surface area (TPSA) is 48.8 Å². The van der Waals surface area contributed by atoms with Crippen LogP contribution in [0.4, 0.5) is 0 Å². The maximum Gasteiger partial charge on any atom is 0.235 e. The van der Waals surface area contributed by atoms with E-state index in [1.807, 2.05) is 12.1 Å². The molecule has 4 heterocycles. The Kier molecular flexibility index (Phi) is 5.71. The third-order valence-electron chi connectivity index (χ3n) is 10.9. The van der Waals surface area contributed by atoms with Crippen molar-refractivity contribution in [3.05, 3.63) is 170 Å². The number of furan rings is 1. The molecule has 0 bridgehead atoms. The first-order chi connectivity index (χ1) is 26.3. The summed E-state index contributed by atoms with van der Waals surface area (Å²) in [4.78, 5) is 11.1. The molecule has 0 unspecified atom stereocenters. The van der Waals surface area contributed by atoms with Crippen molar-refractivity contribution in [2.75, 3.05) is 0 Å². The van der Waals surface area contributed by atoms with Crippen molar-refractivity contribution >= 4 is 87.2 Å². The lowest BCUT2D eigenvalue weighted by molar-refractivity contribution is 0.669. The maximum atomic E-state index is 6.52. The van der Waals surface area contributed by atoms with Gasteiger partial charge in [-0.3, -0.25) is 4.57 Å². The van der Waals surface area contributed by atoms with E-state index in [0.29, 0.717) is 5.95 Å². The third-order valence-corrected chi connectivity index (χ3v) is 10.9. The average molecular weight is 677 g/mol. The second-order valence-electron chi connectivity index (χ2n) is 13.7. The molecule has 53 heavy (non-hydrogen) atoms. The van der Waals surface area contributed by atoms with Gasteiger partial charge < -0.3 is 8.98 Å². The molecular weight excluding hydrogens is 649 g/mol. The highest BCUT2D eigenvalue weighted by atomic mass is 16.3. The standard InChI is InChI=1S/C48H28N4O/c1-3-14-30(15-4-1)45-42-32-18-8-7-13-29(32)23-26-37(42)49-48(50-45)52-46-33(34-25-28-41-44(47(34)52)36-20-10-12-22-40(36)53-41)24-27-39-43(46)35-19-9-11-21-38(35)51(39)31-16-5-2-6-17-31/h1-28H. The van der Waals surface area contributed by atoms with E-state index in [1.54, 1.807) is 0 Å². The quantitative estimate of drug-likeness (QED) is 0.175. The summed E-state index contributed by atoms with van der Waals surface area (Å²) in [7, 11) is 0. The van der Waals surface area contributed by atoms with E-state index >= 15 is 0 Å². The Morgan fingerprint density at radius 1 is 0.396 bits per heavy atom. The van der Waals surface area contributed by atoms with Gasteiger partial charge in [0.25, 0.3) is 0 Å². The van der Waals surface area contributed by atoms with Gasteiger partial charge in [0.2, 0.25) is 5.95 Å². The van der Waals surface area contributed by atoms with Crippen molar-refractivity contribution in [2.45, 2.75) is 0 Å². The zero-order valence-electron chi connectivity index (χ0n) is 28.4. The molecule has 0 aliphatic heterocycles. The molecule has 5 heteroatoms. The van der Waals surface area contributed by atoms with Crippen LogP contribution in [-0.4, -0.2) is 19.1 Å². The summed E-state index contributed by atoms with van der Waals surface area (Å²) in [5.41, 5.74) is 10.0. The highest BCUT2D eigenvalue weighted by Gasteiger charge is 2.26. The molecule has 0 N–H and O–H groups in total. The van der Waals surface area contributed by atoms with Crippen LogP contribution in [0.2, 0.25) is 0 Å². The molecule has 12 rings (SSSR count). The summed E-state index contributed by atoms with van der Waals surface area (Å²) in [6.07, 6.45) is 0. The largest absolute Gasteiger partial charge is 0.456 e. The SMILES string of the molecule is c1ccc(-c2nc(-n3c4c(ccc5oc6ccccc6c54)c4ccc5c(c6ccccc6n5-c5ccccc5)c43)nc3ccc4ccccc4c23)cc1. The number of rotatable bonds is 3. The van der Waals surface area contributed by atoms with Gasteiger partial charge in [-0.25, -0.2) is 9.97 Å². The first-order valence-electron chi connectivity index (χ1n) is 17.9. The zero-order valence-corrected chi connectivity index (χ0v) is 28.4. The lowest BCUT2D eigenvalue weighted by Gasteiger charge is -2.14. The highest BCUT2D eigenvalue weighted by Crippen LogP contribution is 2.45. The van der Waals surface area contributed by atoms with Crippen molar-refractivity contribution in [3.8, 4) is 22.9 Å². The Hall–Kier alpha value is -7.24. The fourth-order valence-corrected chi connectivity index (χ4v) is 8.70. The van der Waals surface area contributed by atoms with E-state index in [2.05, 4.69) is 167 Å². The Bertz CT molecular complexity index is 3450. The van der Waals surface area contributed by atoms with Crippen LogP contribution < -0.4 is 0 Å². The number of nitrogens with zero attached hydrogens (tertiary/aromatic N) is 4. The first-order valence-corrected chi connectivity index (χ1v) is 17.9. The van der Waals surface area contributed by atoms with Crippen molar-refractivity contribution < 1.29 is 4.42 Å². The van der Waals surface area contributed by atoms with E-state index in [-0.39, 0.29) is 0 Å². The minimum absolute atomic E-state index is 0.619. The summed E-state index contributed by atoms with van der Waals surface area (Å²) in [5.74, 6) is 0.619. The summed E-state index contributed by atoms with van der Waals surface area (Å²) >= 11 is 0. The average Bonchev–Trinajstić information content (AvgIpc) is 3.88. The molecule has 0 aliphatic rings. The molecule has 0 fully saturated rings. The fourth-order valence-electron chi connectivity index (χ4n) is 8.70. The van der Waals surface area contributed by atoms with Gasteiger partial charge in [-0.05, 0) is 59.3 Å². The van der Waals surface area contributed by atoms with Crippen LogP contribution in [-0.2, 0) is 0 Å². The summed E-state index contributed by atoms with van der Waals surface area (Å²) in [5, 5.41) is 10.0. The Balaban J connectivity index is 1.34. The molecule has 0 atom stereocenters. The summed E-state index contributed by atoms with van der Waals surface area (Å²) in [6, 6.07) is 59.8. The predicted molar refractivity (Wildman–Crippen MR) is 218 cm³/mol. The van der Waals surface area contributed by atoms with Gasteiger partial charge in [-0.15, -0.1) is 0 Å². The molecule has 0 saturated heterocycles. The molecular formula is C48H28N4O. The van der Waals surface area contributed by atoms with E-state index in [1.165, 1.54) is 5.39 Å². The number of aromatic nitrogens is 4. The summed E-state index contributed by atoms with van der Waals surface area (Å²) < 4.78 is 11.2. The molecule has 0 amide bonds. The van der Waals surface area contributed by atoms with Crippen molar-refractivity contribution in [2.24, 2.45) is 0 Å². The van der Waals surface area contributed by atoms with Gasteiger partial charge in [-0.2, -0.15) is 0 Å². The van der Waals surface area contributed by atoms with Crippen molar-refractivity contribution in [1.82, 2.24) is 19.1 Å². The Labute approximate surface area is 302 Å². The fraction of sp³-hybridized carbons (Fsp3) is 0. The third kappa shape index (κ3) is 3.91. The van der Waals surface area contributed by atoms with Crippen molar-refractivity contribution in [3.63, 3.8) is 0 Å². The van der Waals surface area contributed by atoms with Gasteiger partial charge in [0.15, 0.2) is 0 Å². The number of para-hydroxylation sites is 3. The van der Waals surface area contributed by atoms with E-state index in [4.69, 9.17) is 14.4 Å². The molecule has 5 nitrogen and oxygen atoms in total. The number of benzene rings is 8. The zero-order chi connectivity index (χ0) is 34.6. The van der Waals surface area contributed by atoms with Crippen LogP contribution in [0, 0.1) is 0 Å². The van der Waals surface area contributed by atoms with Crippen LogP contribution in [0.15, 0.2) is 174 Å². The number of hydrogen-bond donors (Lipinski definition) is 0. The van der Waals surface area contributed by atoms with Gasteiger partial charge in [0.1, 0.15) is 11.2 Å². The molecule has 0 saturated carbocycles. The smallest absolute Gasteiger partial charge is 0.235 e. The second-order valence-corrected chi connectivity index (χ2v) is 13.7. The second kappa shape index (κ2) is 10.6. The van der Waals surface area contributed by atoms with Crippen molar-refractivity contribution in [1.29, 1.82) is 0 Å². The lowest BCUT2D eigenvalue weighted by Crippen LogP contribution is -2.04. The van der Waals surface area contributed by atoms with Gasteiger partial charge in [0.05, 0.1) is 38.7 Å². The van der Waals surface area contributed by atoms with Gasteiger partial charge >= 0.3 is 0 Å². The molecule has 0 spiro atoms. The predicted octanol–water partition coefficient (Wildman–Crippen LogP) is 12.5. The molecule has 4 aromatic heterocycles. The van der Waals surface area contributed by atoms with E-state index in [0.717, 1.165) is 98.8 Å². The Morgan fingerprint density at radius 3 is 1.92 bits per heavy atom. The van der Waals surface area contributed by atoms with E-state index in [9.17, 15) is 0 Å². The molecule has 246 valence electrons. The molecule has 0 radical (unpaired) electrons. The normalized spacial score (nSPS) is 12.2. The molecule has 12 aromatic rings. The number of fused-ring (bicyclic) bond motifs is 14. The Morgan fingerprint density at radius 2 is 1.08 bits per heavy atom. The monoisotopic (exact) mass is 676 g/mol. The molecule has 8 aromatic carbocycles. The van der Waals surface area contributed by atoms with Crippen LogP contribution in [0.1, 0.15) is 0 Å². The van der Waals surface area contributed by atoms with Crippen LogP contribution >= 0.6 is 0 Å². The summed E-state index contributed by atoms with van der Waals surface area (Å²) in [6.45, 7) is 0. The minimum Gasteiger partial charge on any atom is -0.456 e. The first kappa shape index (κ1) is 28.5. The van der Waals surface area contributed by atoms with Gasteiger partial charge in [-0.1, -0.05) is 121 Å². The van der Waals surface area contributed by atoms with Crippen LogP contribution in [0.5, 0.6) is 0 Å². The number of hydrogen-bond acceptors (Lipinski definition) is 3. The highest BCUT2D eigenvalue weighted by molar-refractivity contribution is 6.31. The van der Waals surface area contributed by atoms with E-state index < -0.39 is 0 Å². The maximum absolute atomic E-state index is 6.52. The van der Waals surface area contributed by atoms with Crippen LogP contribution in [0.25, 0.3) is 110 Å². The molecule has 0 aliphatic carbocycles. The van der Waals surface area contributed by atoms with Gasteiger partial charge in [0, 0.05) is 43.6 Å². The minimum atomic E-state index is 0.619. The lowest BCUT2D eigenvalue weighted by atomic mass is 10.0. The van der Waals surface area contributed by atoms with Crippen LogP contribution in [0.3, 0.4) is 0 Å².